The second-order valence-electron chi connectivity index (χ2n) is 5.53. The van der Waals surface area contributed by atoms with Gasteiger partial charge < -0.3 is 20.1 Å². The molecule has 3 rings (SSSR count). The lowest BCUT2D eigenvalue weighted by atomic mass is 10.3. The largest absolute Gasteiger partial charge is 0.497 e. The Morgan fingerprint density at radius 3 is 2.00 bits per heavy atom. The van der Waals surface area contributed by atoms with E-state index in [9.17, 15) is 0 Å². The molecule has 3 aromatic carbocycles. The number of hydrogen-bond acceptors (Lipinski definition) is 4. The number of ether oxygens (including phenoxy) is 2. The normalized spacial score (nSPS) is 10.1. The van der Waals surface area contributed by atoms with E-state index in [1.807, 2.05) is 78.9 Å². The molecule has 0 radical (unpaired) electrons. The Balaban J connectivity index is 1.44. The minimum Gasteiger partial charge on any atom is -0.497 e. The third-order valence-corrected chi connectivity index (χ3v) is 3.69. The molecule has 0 bridgehead atoms. The smallest absolute Gasteiger partial charge is 0.127 e. The third-order valence-electron chi connectivity index (χ3n) is 3.69. The van der Waals surface area contributed by atoms with Crippen LogP contribution >= 0.6 is 0 Å². The van der Waals surface area contributed by atoms with Gasteiger partial charge in [-0.2, -0.15) is 0 Å². The van der Waals surface area contributed by atoms with Gasteiger partial charge in [0.2, 0.25) is 0 Å². The molecular weight excluding hydrogens is 312 g/mol. The fourth-order valence-electron chi connectivity index (χ4n) is 2.41. The molecule has 4 heteroatoms. The van der Waals surface area contributed by atoms with Crippen LogP contribution in [0.2, 0.25) is 0 Å². The highest BCUT2D eigenvalue weighted by Gasteiger charge is 1.98. The summed E-state index contributed by atoms with van der Waals surface area (Å²) in [5, 5.41) is 6.75. The molecule has 2 N–H and O–H groups in total. The summed E-state index contributed by atoms with van der Waals surface area (Å²) in [6.45, 7) is 1.63. The van der Waals surface area contributed by atoms with Crippen molar-refractivity contribution in [3.05, 3.63) is 78.9 Å². The second-order valence-corrected chi connectivity index (χ2v) is 5.53. The molecule has 0 amide bonds. The van der Waals surface area contributed by atoms with E-state index in [1.54, 1.807) is 7.11 Å². The van der Waals surface area contributed by atoms with Crippen LogP contribution < -0.4 is 20.1 Å². The van der Waals surface area contributed by atoms with Crippen LogP contribution in [-0.2, 0) is 0 Å². The van der Waals surface area contributed by atoms with Crippen LogP contribution in [0.1, 0.15) is 0 Å². The van der Waals surface area contributed by atoms with E-state index in [4.69, 9.17) is 9.47 Å². The zero-order valence-corrected chi connectivity index (χ0v) is 14.2. The van der Waals surface area contributed by atoms with E-state index in [0.29, 0.717) is 0 Å². The van der Waals surface area contributed by atoms with Crippen LogP contribution in [0.5, 0.6) is 17.2 Å². The van der Waals surface area contributed by atoms with Crippen LogP contribution in [0.15, 0.2) is 78.9 Å². The Morgan fingerprint density at radius 1 is 0.640 bits per heavy atom. The van der Waals surface area contributed by atoms with Crippen molar-refractivity contribution in [3.8, 4) is 17.2 Å². The molecule has 0 fully saturated rings. The van der Waals surface area contributed by atoms with Gasteiger partial charge in [0, 0.05) is 30.5 Å². The molecule has 4 nitrogen and oxygen atoms in total. The van der Waals surface area contributed by atoms with Crippen LogP contribution in [0.4, 0.5) is 11.4 Å². The second kappa shape index (κ2) is 8.64. The topological polar surface area (TPSA) is 42.5 Å². The number of nitrogens with one attached hydrogen (secondary N) is 2. The number of rotatable bonds is 8. The summed E-state index contributed by atoms with van der Waals surface area (Å²) in [7, 11) is 1.67. The lowest BCUT2D eigenvalue weighted by molar-refractivity contribution is 0.415. The quantitative estimate of drug-likeness (QED) is 0.568. The number of methoxy groups -OCH3 is 1. The predicted molar refractivity (Wildman–Crippen MR) is 103 cm³/mol. The van der Waals surface area contributed by atoms with Gasteiger partial charge in [0.25, 0.3) is 0 Å². The van der Waals surface area contributed by atoms with Crippen LogP contribution in [0, 0.1) is 0 Å². The standard InChI is InChI=1S/C21H22N2O2/c1-24-21-9-5-6-18(16-21)23-15-14-22-17-10-12-20(13-11-17)25-19-7-3-2-4-8-19/h2-13,16,22-23H,14-15H2,1H3. The Bertz CT molecular complexity index is 773. The molecule has 0 heterocycles. The molecule has 0 atom stereocenters. The number of anilines is 2. The average molecular weight is 334 g/mol. The Kier molecular flexibility index (Phi) is 5.77. The molecule has 3 aromatic rings. The highest BCUT2D eigenvalue weighted by molar-refractivity contribution is 5.49. The maximum absolute atomic E-state index is 5.79. The number of hydrogen-bond donors (Lipinski definition) is 2. The van der Waals surface area contributed by atoms with E-state index in [-0.39, 0.29) is 0 Å². The van der Waals surface area contributed by atoms with Crippen molar-refractivity contribution in [3.63, 3.8) is 0 Å². The maximum Gasteiger partial charge on any atom is 0.127 e. The van der Waals surface area contributed by atoms with Gasteiger partial charge in [0.15, 0.2) is 0 Å². The summed E-state index contributed by atoms with van der Waals surface area (Å²) >= 11 is 0. The van der Waals surface area contributed by atoms with Gasteiger partial charge in [-0.3, -0.25) is 0 Å². The third kappa shape index (κ3) is 5.18. The molecule has 128 valence electrons. The Morgan fingerprint density at radius 2 is 1.28 bits per heavy atom. The van der Waals surface area contributed by atoms with E-state index in [0.717, 1.165) is 41.7 Å². The minimum absolute atomic E-state index is 0.815. The first-order chi connectivity index (χ1) is 12.3. The van der Waals surface area contributed by atoms with E-state index in [1.165, 1.54) is 0 Å². The Labute approximate surface area is 148 Å². The fourth-order valence-corrected chi connectivity index (χ4v) is 2.41. The molecule has 25 heavy (non-hydrogen) atoms. The molecule has 0 aliphatic heterocycles. The fraction of sp³-hybridized carbons (Fsp3) is 0.143. The molecule has 0 spiro atoms. The van der Waals surface area contributed by atoms with Gasteiger partial charge in [-0.15, -0.1) is 0 Å². The first-order valence-electron chi connectivity index (χ1n) is 8.28. The van der Waals surface area contributed by atoms with Crippen LogP contribution in [0.3, 0.4) is 0 Å². The highest BCUT2D eigenvalue weighted by atomic mass is 16.5. The van der Waals surface area contributed by atoms with Crippen molar-refractivity contribution >= 4 is 11.4 Å². The first kappa shape index (κ1) is 16.7. The summed E-state index contributed by atoms with van der Waals surface area (Å²) in [6.07, 6.45) is 0. The highest BCUT2D eigenvalue weighted by Crippen LogP contribution is 2.22. The van der Waals surface area contributed by atoms with E-state index in [2.05, 4.69) is 10.6 Å². The van der Waals surface area contributed by atoms with Crippen LogP contribution in [0.25, 0.3) is 0 Å². The van der Waals surface area contributed by atoms with Crippen molar-refractivity contribution in [2.24, 2.45) is 0 Å². The minimum atomic E-state index is 0.815. The zero-order valence-electron chi connectivity index (χ0n) is 14.2. The maximum atomic E-state index is 5.79. The number of para-hydroxylation sites is 1. The number of benzene rings is 3. The predicted octanol–water partition coefficient (Wildman–Crippen LogP) is 5.01. The first-order valence-corrected chi connectivity index (χ1v) is 8.28. The van der Waals surface area contributed by atoms with Crippen molar-refractivity contribution in [1.29, 1.82) is 0 Å². The monoisotopic (exact) mass is 334 g/mol. The lowest BCUT2D eigenvalue weighted by Crippen LogP contribution is -2.13. The van der Waals surface area contributed by atoms with Crippen molar-refractivity contribution < 1.29 is 9.47 Å². The summed E-state index contributed by atoms with van der Waals surface area (Å²) in [5.74, 6) is 2.52. The zero-order chi connectivity index (χ0) is 17.3. The van der Waals surface area contributed by atoms with Gasteiger partial charge in [-0.1, -0.05) is 24.3 Å². The van der Waals surface area contributed by atoms with E-state index >= 15 is 0 Å². The van der Waals surface area contributed by atoms with Crippen LogP contribution in [-0.4, -0.2) is 20.2 Å². The van der Waals surface area contributed by atoms with Crippen molar-refractivity contribution in [2.75, 3.05) is 30.8 Å². The summed E-state index contributed by atoms with van der Waals surface area (Å²) in [6, 6.07) is 25.6. The summed E-state index contributed by atoms with van der Waals surface area (Å²) < 4.78 is 11.0. The molecule has 0 unspecified atom stereocenters. The van der Waals surface area contributed by atoms with Gasteiger partial charge in [-0.05, 0) is 48.5 Å². The summed E-state index contributed by atoms with van der Waals surface area (Å²) in [4.78, 5) is 0. The molecular formula is C21H22N2O2. The average Bonchev–Trinajstić information content (AvgIpc) is 2.67. The Hall–Kier alpha value is -3.14. The molecule has 0 aromatic heterocycles. The van der Waals surface area contributed by atoms with Crippen molar-refractivity contribution in [2.45, 2.75) is 0 Å². The summed E-state index contributed by atoms with van der Waals surface area (Å²) in [5.41, 5.74) is 2.11. The molecule has 0 aliphatic carbocycles. The van der Waals surface area contributed by atoms with Gasteiger partial charge >= 0.3 is 0 Å². The van der Waals surface area contributed by atoms with Crippen molar-refractivity contribution in [1.82, 2.24) is 0 Å². The molecule has 0 aliphatic rings. The van der Waals surface area contributed by atoms with E-state index < -0.39 is 0 Å². The molecule has 0 saturated heterocycles. The lowest BCUT2D eigenvalue weighted by Gasteiger charge is -2.11. The van der Waals surface area contributed by atoms with Gasteiger partial charge in [0.1, 0.15) is 17.2 Å². The SMILES string of the molecule is COc1cccc(NCCNc2ccc(Oc3ccccc3)cc2)c1. The van der Waals surface area contributed by atoms with Gasteiger partial charge in [-0.25, -0.2) is 0 Å². The van der Waals surface area contributed by atoms with Gasteiger partial charge in [0.05, 0.1) is 7.11 Å². The molecule has 0 saturated carbocycles.